The summed E-state index contributed by atoms with van der Waals surface area (Å²) in [7, 11) is 3.13. The number of nitrogens with one attached hydrogen (secondary N) is 2. The molecule has 17 heteroatoms. The average Bonchev–Trinajstić information content (AvgIpc) is 4.41. The molecule has 2 saturated heterocycles. The van der Waals surface area contributed by atoms with Crippen LogP contribution in [0.15, 0.2) is 60.9 Å². The molecule has 0 radical (unpaired) electrons. The number of para-hydroxylation sites is 2. The molecule has 81 heavy (non-hydrogen) atoms. The van der Waals surface area contributed by atoms with E-state index in [0.29, 0.717) is 52.2 Å². The first kappa shape index (κ1) is 61.0. The molecule has 8 rings (SSSR count). The highest BCUT2D eigenvalue weighted by molar-refractivity contribution is 5.93. The Kier molecular flexibility index (Phi) is 20.2. The predicted molar refractivity (Wildman–Crippen MR) is 316 cm³/mol. The molecular formula is C64H94N8O9. The van der Waals surface area contributed by atoms with Gasteiger partial charge in [0, 0.05) is 86.6 Å². The Morgan fingerprint density at radius 3 is 1.28 bits per heavy atom. The van der Waals surface area contributed by atoms with Gasteiger partial charge in [-0.05, 0) is 155 Å². The minimum atomic E-state index is -0.822. The summed E-state index contributed by atoms with van der Waals surface area (Å²) in [6.45, 7) is 17.7. The molecule has 2 aliphatic heterocycles. The zero-order chi connectivity index (χ0) is 58.2. The van der Waals surface area contributed by atoms with Gasteiger partial charge in [-0.15, -0.1) is 0 Å². The highest BCUT2D eigenvalue weighted by atomic mass is 16.6. The Hall–Kier alpha value is -6.10. The Labute approximate surface area is 481 Å². The van der Waals surface area contributed by atoms with E-state index in [1.807, 2.05) is 9.80 Å². The van der Waals surface area contributed by atoms with Crippen molar-refractivity contribution in [1.29, 1.82) is 0 Å². The molecule has 0 unspecified atom stereocenters. The summed E-state index contributed by atoms with van der Waals surface area (Å²) in [6.07, 6.45) is 18.0. The first-order valence-corrected chi connectivity index (χ1v) is 30.4. The predicted octanol–water partition coefficient (Wildman–Crippen LogP) is 10.0. The smallest absolute Gasteiger partial charge is 0.410 e. The Morgan fingerprint density at radius 1 is 0.543 bits per heavy atom. The minimum Gasteiger partial charge on any atom is -0.444 e. The van der Waals surface area contributed by atoms with Crippen LogP contribution < -0.4 is 10.6 Å². The molecular weight excluding hydrogens is 1020 g/mol. The number of amides is 6. The largest absolute Gasteiger partial charge is 0.444 e. The van der Waals surface area contributed by atoms with Crippen molar-refractivity contribution < 1.29 is 43.0 Å². The number of likely N-dealkylation sites (N-methyl/N-ethyl adjacent to an activating group) is 2. The molecule has 0 spiro atoms. The van der Waals surface area contributed by atoms with Crippen LogP contribution in [0.25, 0.3) is 21.8 Å². The van der Waals surface area contributed by atoms with E-state index in [4.69, 9.17) is 14.2 Å². The first-order chi connectivity index (χ1) is 38.6. The van der Waals surface area contributed by atoms with Gasteiger partial charge in [0.05, 0.1) is 13.2 Å². The molecule has 4 fully saturated rings. The lowest BCUT2D eigenvalue weighted by Gasteiger charge is -2.36. The van der Waals surface area contributed by atoms with Gasteiger partial charge in [-0.2, -0.15) is 0 Å². The van der Waals surface area contributed by atoms with Crippen molar-refractivity contribution >= 4 is 57.6 Å². The third kappa shape index (κ3) is 15.3. The topological polar surface area (TPSA) is 177 Å². The van der Waals surface area contributed by atoms with Crippen LogP contribution in [0.5, 0.6) is 0 Å². The maximum Gasteiger partial charge on any atom is 0.410 e. The van der Waals surface area contributed by atoms with Crippen molar-refractivity contribution in [2.75, 3.05) is 40.4 Å². The van der Waals surface area contributed by atoms with Gasteiger partial charge in [-0.3, -0.25) is 29.0 Å². The number of ether oxygens (including phenoxy) is 3. The van der Waals surface area contributed by atoms with Crippen LogP contribution in [0.1, 0.15) is 156 Å². The average molecular weight is 1120 g/mol. The monoisotopic (exact) mass is 1120 g/mol. The van der Waals surface area contributed by atoms with Crippen LogP contribution in [-0.2, 0) is 59.3 Å². The molecule has 2 saturated carbocycles. The molecule has 4 aromatic rings. The second-order valence-corrected chi connectivity index (χ2v) is 25.7. The van der Waals surface area contributed by atoms with Gasteiger partial charge in [0.1, 0.15) is 35.4 Å². The fourth-order valence-electron chi connectivity index (χ4n) is 12.9. The van der Waals surface area contributed by atoms with Crippen molar-refractivity contribution in [2.45, 2.75) is 219 Å². The van der Waals surface area contributed by atoms with Crippen LogP contribution in [0.4, 0.5) is 9.59 Å². The number of nitrogens with zero attached hydrogens (tertiary/aromatic N) is 6. The summed E-state index contributed by atoms with van der Waals surface area (Å²) in [5.41, 5.74) is 3.20. The summed E-state index contributed by atoms with van der Waals surface area (Å²) < 4.78 is 22.0. The summed E-state index contributed by atoms with van der Waals surface area (Å²) in [5, 5.41) is 8.62. The maximum atomic E-state index is 14.8. The molecule has 2 N–H and O–H groups in total. The van der Waals surface area contributed by atoms with Gasteiger partial charge in [0.15, 0.2) is 0 Å². The van der Waals surface area contributed by atoms with Crippen molar-refractivity contribution in [3.63, 3.8) is 0 Å². The Bertz CT molecular complexity index is 2630. The standard InChI is InChI=1S/C64H94N8O9/c1-43(67(9)61(77)80-63(3,4)5)57(73)65-55(45-23-13-11-14-24-45)59(75)71-33-21-27-49(71)39-47-41-69(53-31-19-17-29-51(47)53)35-37-79-38-36-70-42-48(52-30-18-20-32-54(52)70)40-50-28-22-34-72(50)60(76)56(46-25-15-12-16-26-46)66-58(74)44(2)68(10)62(78)81-64(6,7)8/h17-20,29-32,41-46,49-50,55-56H,11-16,21-28,33-40H2,1-10H3,(H,65,73)(H,66,74)/t43-,44+,49-,50-,55-,56-/m0/s1. The molecule has 444 valence electrons. The number of carbonyl (C=O) groups excluding carboxylic acids is 6. The maximum absolute atomic E-state index is 14.8. The summed E-state index contributed by atoms with van der Waals surface area (Å²) in [5.74, 6) is -0.713. The lowest BCUT2D eigenvalue weighted by atomic mass is 9.83. The van der Waals surface area contributed by atoms with Crippen molar-refractivity contribution in [3.05, 3.63) is 72.1 Å². The number of benzene rings is 2. The quantitative estimate of drug-likeness (QED) is 0.0816. The molecule has 6 atom stereocenters. The van der Waals surface area contributed by atoms with Gasteiger partial charge in [-0.25, -0.2) is 9.59 Å². The number of fused-ring (bicyclic) bond motifs is 2. The fraction of sp³-hybridized carbons (Fsp3) is 0.656. The van der Waals surface area contributed by atoms with Crippen LogP contribution in [-0.4, -0.2) is 152 Å². The summed E-state index contributed by atoms with van der Waals surface area (Å²) in [4.78, 5) is 89.8. The zero-order valence-electron chi connectivity index (χ0n) is 50.3. The molecule has 2 aromatic heterocycles. The van der Waals surface area contributed by atoms with Gasteiger partial charge in [-0.1, -0.05) is 74.9 Å². The van der Waals surface area contributed by atoms with Crippen LogP contribution in [0.2, 0.25) is 0 Å². The molecule has 0 bridgehead atoms. The van der Waals surface area contributed by atoms with E-state index in [1.54, 1.807) is 69.5 Å². The number of rotatable bonds is 20. The van der Waals surface area contributed by atoms with E-state index in [1.165, 1.54) is 20.9 Å². The first-order valence-electron chi connectivity index (χ1n) is 30.4. The second-order valence-electron chi connectivity index (χ2n) is 25.7. The number of carbonyl (C=O) groups is 6. The van der Waals surface area contributed by atoms with Gasteiger partial charge >= 0.3 is 12.2 Å². The molecule has 2 aliphatic carbocycles. The third-order valence-corrected chi connectivity index (χ3v) is 17.6. The second kappa shape index (κ2) is 26.9. The normalized spacial score (nSPS) is 20.0. The van der Waals surface area contributed by atoms with E-state index in [2.05, 4.69) is 80.7 Å². The molecule has 2 aromatic carbocycles. The van der Waals surface area contributed by atoms with Crippen LogP contribution >= 0.6 is 0 Å². The zero-order valence-corrected chi connectivity index (χ0v) is 50.3. The summed E-state index contributed by atoms with van der Waals surface area (Å²) >= 11 is 0. The lowest BCUT2D eigenvalue weighted by Crippen LogP contribution is -2.57. The molecule has 4 aliphatic rings. The number of aromatic nitrogens is 2. The lowest BCUT2D eigenvalue weighted by molar-refractivity contribution is -0.140. The van der Waals surface area contributed by atoms with Gasteiger partial charge in [0.2, 0.25) is 23.6 Å². The molecule has 4 heterocycles. The van der Waals surface area contributed by atoms with E-state index in [-0.39, 0.29) is 47.5 Å². The van der Waals surface area contributed by atoms with Crippen LogP contribution in [0, 0.1) is 11.8 Å². The number of hydrogen-bond acceptors (Lipinski definition) is 9. The van der Waals surface area contributed by atoms with E-state index in [9.17, 15) is 28.8 Å². The van der Waals surface area contributed by atoms with Crippen molar-refractivity contribution in [1.82, 2.24) is 39.4 Å². The van der Waals surface area contributed by atoms with Crippen molar-refractivity contribution in [2.24, 2.45) is 11.8 Å². The molecule has 6 amide bonds. The van der Waals surface area contributed by atoms with Gasteiger partial charge in [0.25, 0.3) is 0 Å². The van der Waals surface area contributed by atoms with Crippen molar-refractivity contribution in [3.8, 4) is 0 Å². The van der Waals surface area contributed by atoms with Crippen LogP contribution in [0.3, 0.4) is 0 Å². The Morgan fingerprint density at radius 2 is 0.914 bits per heavy atom. The fourth-order valence-corrected chi connectivity index (χ4v) is 12.9. The SMILES string of the molecule is C[C@H](C(=O)N[C@H](C(=O)N1CCC[C@H]1Cc1cn(CCOCCn2cc(C[C@@H]3CCCN3C(=O)[C@@H](NC(=O)[C@H](C)N(C)C(=O)OC(C)(C)C)C3CCCCC3)c3ccccc32)c2ccccc12)C1CCCCC1)N(C)C(=O)OC(C)(C)C. The minimum absolute atomic E-state index is 0.0162. The third-order valence-electron chi connectivity index (χ3n) is 17.6. The Balaban J connectivity index is 0.887. The highest BCUT2D eigenvalue weighted by Crippen LogP contribution is 2.34. The summed E-state index contributed by atoms with van der Waals surface area (Å²) in [6, 6.07) is 13.9. The highest BCUT2D eigenvalue weighted by Gasteiger charge is 2.42. The van der Waals surface area contributed by atoms with E-state index < -0.39 is 47.6 Å². The number of hydrogen-bond donors (Lipinski definition) is 2. The van der Waals surface area contributed by atoms with E-state index >= 15 is 0 Å². The van der Waals surface area contributed by atoms with Gasteiger partial charge < -0.3 is 43.8 Å². The molecule has 17 nitrogen and oxygen atoms in total. The van der Waals surface area contributed by atoms with E-state index in [0.717, 1.165) is 112 Å². The number of likely N-dealkylation sites (tertiary alicyclic amines) is 2.